The first-order chi connectivity index (χ1) is 10.6. The lowest BCUT2D eigenvalue weighted by molar-refractivity contribution is -0.126. The smallest absolute Gasteiger partial charge is 0.253 e. The van der Waals surface area contributed by atoms with Crippen molar-refractivity contribution in [3.05, 3.63) is 45.7 Å². The van der Waals surface area contributed by atoms with E-state index in [2.05, 4.69) is 10.3 Å². The number of aromatic amines is 1. The maximum absolute atomic E-state index is 12.2. The van der Waals surface area contributed by atoms with E-state index in [0.29, 0.717) is 12.1 Å². The highest BCUT2D eigenvalue weighted by molar-refractivity contribution is 5.80. The zero-order valence-electron chi connectivity index (χ0n) is 12.9. The van der Waals surface area contributed by atoms with Crippen molar-refractivity contribution in [1.82, 2.24) is 10.3 Å². The van der Waals surface area contributed by atoms with Gasteiger partial charge in [0.2, 0.25) is 5.91 Å². The third-order valence-electron chi connectivity index (χ3n) is 4.51. The number of H-pyrrole nitrogens is 1. The highest BCUT2D eigenvalue weighted by Gasteiger charge is 2.20. The predicted molar refractivity (Wildman–Crippen MR) is 87.7 cm³/mol. The Morgan fingerprint density at radius 3 is 2.77 bits per heavy atom. The highest BCUT2D eigenvalue weighted by Crippen LogP contribution is 2.23. The number of carbonyl (C=O) groups excluding carboxylic acids is 1. The van der Waals surface area contributed by atoms with Crippen LogP contribution in [-0.4, -0.2) is 10.9 Å². The average Bonchev–Trinajstić information content (AvgIpc) is 2.53. The molecule has 3 rings (SSSR count). The van der Waals surface area contributed by atoms with Gasteiger partial charge in [-0.15, -0.1) is 0 Å². The fraction of sp³-hybridized carbons (Fsp3) is 0.444. The molecule has 0 spiro atoms. The van der Waals surface area contributed by atoms with E-state index in [9.17, 15) is 9.59 Å². The molecular weight excluding hydrogens is 276 g/mol. The monoisotopic (exact) mass is 298 g/mol. The minimum absolute atomic E-state index is 0.0862. The molecule has 0 unspecified atom stereocenters. The number of fused-ring (bicyclic) bond motifs is 1. The summed E-state index contributed by atoms with van der Waals surface area (Å²) in [5, 5.41) is 3.92. The quantitative estimate of drug-likeness (QED) is 0.915. The van der Waals surface area contributed by atoms with Crippen LogP contribution in [0.3, 0.4) is 0 Å². The van der Waals surface area contributed by atoms with Crippen LogP contribution in [0.25, 0.3) is 10.9 Å². The second-order valence-electron chi connectivity index (χ2n) is 6.27. The number of benzene rings is 1. The standard InChI is InChI=1S/C18H22N2O2/c1-12-7-8-14-10-15(18(22)20-16(14)9-12)11-19-17(21)13-5-3-2-4-6-13/h7-10,13H,2-6,11H2,1H3,(H,19,21)(H,20,22). The molecule has 1 saturated carbocycles. The molecule has 22 heavy (non-hydrogen) atoms. The highest BCUT2D eigenvalue weighted by atomic mass is 16.2. The molecule has 2 N–H and O–H groups in total. The summed E-state index contributed by atoms with van der Waals surface area (Å²) in [7, 11) is 0. The van der Waals surface area contributed by atoms with Crippen LogP contribution < -0.4 is 10.9 Å². The number of amides is 1. The summed E-state index contributed by atoms with van der Waals surface area (Å²) in [5.74, 6) is 0.207. The molecule has 1 aliphatic carbocycles. The van der Waals surface area contributed by atoms with Gasteiger partial charge in [0.15, 0.2) is 0 Å². The Labute approximate surface area is 129 Å². The number of nitrogens with one attached hydrogen (secondary N) is 2. The number of rotatable bonds is 3. The number of aromatic nitrogens is 1. The Morgan fingerprint density at radius 2 is 2.00 bits per heavy atom. The summed E-state index contributed by atoms with van der Waals surface area (Å²) in [5.41, 5.74) is 2.44. The Morgan fingerprint density at radius 1 is 1.23 bits per heavy atom. The lowest BCUT2D eigenvalue weighted by Gasteiger charge is -2.20. The molecule has 1 aromatic carbocycles. The zero-order chi connectivity index (χ0) is 15.5. The van der Waals surface area contributed by atoms with Crippen LogP contribution in [0, 0.1) is 12.8 Å². The van der Waals surface area contributed by atoms with Gasteiger partial charge in [-0.25, -0.2) is 0 Å². The summed E-state index contributed by atoms with van der Waals surface area (Å²) in [6.45, 7) is 2.30. The van der Waals surface area contributed by atoms with Gasteiger partial charge in [-0.05, 0) is 42.8 Å². The Hall–Kier alpha value is -2.10. The third-order valence-corrected chi connectivity index (χ3v) is 4.51. The first-order valence-corrected chi connectivity index (χ1v) is 8.04. The van der Waals surface area contributed by atoms with Gasteiger partial charge in [0.25, 0.3) is 5.56 Å². The number of carbonyl (C=O) groups is 1. The summed E-state index contributed by atoms with van der Waals surface area (Å²) in [6, 6.07) is 7.84. The number of pyridine rings is 1. The molecule has 0 bridgehead atoms. The first kappa shape index (κ1) is 14.8. The van der Waals surface area contributed by atoms with Crippen LogP contribution in [0.4, 0.5) is 0 Å². The molecule has 0 atom stereocenters. The summed E-state index contributed by atoms with van der Waals surface area (Å²) in [4.78, 5) is 27.2. The molecule has 1 heterocycles. The van der Waals surface area contributed by atoms with Crippen molar-refractivity contribution < 1.29 is 4.79 Å². The van der Waals surface area contributed by atoms with Crippen LogP contribution in [0.1, 0.15) is 43.2 Å². The summed E-state index contributed by atoms with van der Waals surface area (Å²) < 4.78 is 0. The zero-order valence-corrected chi connectivity index (χ0v) is 12.9. The Balaban J connectivity index is 1.73. The first-order valence-electron chi connectivity index (χ1n) is 8.04. The van der Waals surface area contributed by atoms with E-state index in [1.165, 1.54) is 6.42 Å². The summed E-state index contributed by atoms with van der Waals surface area (Å²) in [6.07, 6.45) is 5.44. The third kappa shape index (κ3) is 3.21. The second kappa shape index (κ2) is 6.34. The van der Waals surface area contributed by atoms with Crippen molar-refractivity contribution in [3.63, 3.8) is 0 Å². The van der Waals surface area contributed by atoms with E-state index in [4.69, 9.17) is 0 Å². The second-order valence-corrected chi connectivity index (χ2v) is 6.27. The van der Waals surface area contributed by atoms with Gasteiger partial charge in [0, 0.05) is 23.5 Å². The van der Waals surface area contributed by atoms with E-state index in [-0.39, 0.29) is 17.4 Å². The lowest BCUT2D eigenvalue weighted by atomic mass is 9.88. The van der Waals surface area contributed by atoms with Gasteiger partial charge in [0.05, 0.1) is 0 Å². The largest absolute Gasteiger partial charge is 0.352 e. The van der Waals surface area contributed by atoms with Crippen molar-refractivity contribution in [1.29, 1.82) is 0 Å². The number of hydrogen-bond acceptors (Lipinski definition) is 2. The van der Waals surface area contributed by atoms with Crippen molar-refractivity contribution in [2.45, 2.75) is 45.6 Å². The molecule has 1 fully saturated rings. The van der Waals surface area contributed by atoms with Crippen molar-refractivity contribution in [3.8, 4) is 0 Å². The van der Waals surface area contributed by atoms with Crippen LogP contribution in [0.2, 0.25) is 0 Å². The molecule has 0 aliphatic heterocycles. The van der Waals surface area contributed by atoms with Gasteiger partial charge >= 0.3 is 0 Å². The molecule has 0 saturated heterocycles. The van der Waals surface area contributed by atoms with Gasteiger partial charge < -0.3 is 10.3 Å². The molecule has 2 aromatic rings. The maximum Gasteiger partial charge on any atom is 0.253 e. The van der Waals surface area contributed by atoms with Crippen molar-refractivity contribution >= 4 is 16.8 Å². The van der Waals surface area contributed by atoms with Crippen LogP contribution in [0.5, 0.6) is 0 Å². The Kier molecular flexibility index (Phi) is 4.27. The molecule has 1 aromatic heterocycles. The van der Waals surface area contributed by atoms with Crippen molar-refractivity contribution in [2.24, 2.45) is 5.92 Å². The van der Waals surface area contributed by atoms with Gasteiger partial charge in [-0.2, -0.15) is 0 Å². The van der Waals surface area contributed by atoms with E-state index in [0.717, 1.165) is 42.1 Å². The fourth-order valence-corrected chi connectivity index (χ4v) is 3.18. The molecule has 116 valence electrons. The topological polar surface area (TPSA) is 62.0 Å². The van der Waals surface area contributed by atoms with Gasteiger partial charge in [0.1, 0.15) is 0 Å². The minimum Gasteiger partial charge on any atom is -0.352 e. The molecule has 0 radical (unpaired) electrons. The molecule has 1 aliphatic rings. The molecule has 1 amide bonds. The summed E-state index contributed by atoms with van der Waals surface area (Å²) >= 11 is 0. The van der Waals surface area contributed by atoms with E-state index >= 15 is 0 Å². The van der Waals surface area contributed by atoms with Gasteiger partial charge in [-0.1, -0.05) is 31.4 Å². The lowest BCUT2D eigenvalue weighted by Crippen LogP contribution is -2.33. The molecule has 4 heteroatoms. The van der Waals surface area contributed by atoms with E-state index < -0.39 is 0 Å². The normalized spacial score (nSPS) is 15.9. The van der Waals surface area contributed by atoms with E-state index in [1.807, 2.05) is 31.2 Å². The van der Waals surface area contributed by atoms with Gasteiger partial charge in [-0.3, -0.25) is 9.59 Å². The van der Waals surface area contributed by atoms with Crippen LogP contribution >= 0.6 is 0 Å². The van der Waals surface area contributed by atoms with Crippen LogP contribution in [0.15, 0.2) is 29.1 Å². The minimum atomic E-state index is -0.123. The molecule has 4 nitrogen and oxygen atoms in total. The van der Waals surface area contributed by atoms with E-state index in [1.54, 1.807) is 0 Å². The van der Waals surface area contributed by atoms with Crippen molar-refractivity contribution in [2.75, 3.05) is 0 Å². The average molecular weight is 298 g/mol. The van der Waals surface area contributed by atoms with Crippen LogP contribution in [-0.2, 0) is 11.3 Å². The number of hydrogen-bond donors (Lipinski definition) is 2. The molecular formula is C18H22N2O2. The predicted octanol–water partition coefficient (Wildman–Crippen LogP) is 3.03. The number of aryl methyl sites for hydroxylation is 1. The maximum atomic E-state index is 12.2. The Bertz CT molecular complexity index is 742. The fourth-order valence-electron chi connectivity index (χ4n) is 3.18. The SMILES string of the molecule is Cc1ccc2cc(CNC(=O)C3CCCCC3)c(=O)[nH]c2c1.